The van der Waals surface area contributed by atoms with Crippen molar-refractivity contribution in [2.24, 2.45) is 0 Å². The van der Waals surface area contributed by atoms with Crippen molar-refractivity contribution < 1.29 is 14.3 Å². The van der Waals surface area contributed by atoms with E-state index in [1.165, 1.54) is 12.7 Å². The zero-order chi connectivity index (χ0) is 19.6. The van der Waals surface area contributed by atoms with E-state index in [1.54, 1.807) is 4.90 Å². The molecular weight excluding hydrogens is 340 g/mol. The number of amides is 2. The molecule has 0 aliphatic carbocycles. The molecule has 2 aromatic rings. The Kier molecular flexibility index (Phi) is 5.33. The Morgan fingerprint density at radius 2 is 1.81 bits per heavy atom. The number of hydrogen-bond donors (Lipinski definition) is 1. The van der Waals surface area contributed by atoms with Gasteiger partial charge in [0.15, 0.2) is 0 Å². The summed E-state index contributed by atoms with van der Waals surface area (Å²) in [6, 6.07) is 13.4. The summed E-state index contributed by atoms with van der Waals surface area (Å²) in [6.45, 7) is 7.12. The monoisotopic (exact) mass is 366 g/mol. The van der Waals surface area contributed by atoms with Crippen LogP contribution in [0.1, 0.15) is 42.3 Å². The van der Waals surface area contributed by atoms with Gasteiger partial charge >= 0.3 is 0 Å². The molecule has 3 rings (SSSR count). The first-order valence-electron chi connectivity index (χ1n) is 9.14. The number of carbonyl (C=O) groups is 2. The van der Waals surface area contributed by atoms with Gasteiger partial charge in [-0.05, 0) is 47.2 Å². The molecule has 27 heavy (non-hydrogen) atoms. The van der Waals surface area contributed by atoms with Crippen molar-refractivity contribution in [1.29, 1.82) is 0 Å². The molecule has 1 N–H and O–H groups in total. The molecule has 1 heterocycles. The summed E-state index contributed by atoms with van der Waals surface area (Å²) >= 11 is 0. The van der Waals surface area contributed by atoms with Crippen LogP contribution in [0.15, 0.2) is 42.5 Å². The number of benzene rings is 2. The maximum absolute atomic E-state index is 12.6. The average Bonchev–Trinajstić information content (AvgIpc) is 3.04. The minimum absolute atomic E-state index is 0.0488. The Balaban J connectivity index is 1.76. The molecule has 0 unspecified atom stereocenters. The van der Waals surface area contributed by atoms with Gasteiger partial charge in [0.25, 0.3) is 11.8 Å². The third-order valence-electron chi connectivity index (χ3n) is 4.82. The fraction of sp³-hybridized carbons (Fsp3) is 0.364. The van der Waals surface area contributed by atoms with Gasteiger partial charge in [0, 0.05) is 30.6 Å². The van der Waals surface area contributed by atoms with Crippen molar-refractivity contribution in [2.75, 3.05) is 30.5 Å². The van der Waals surface area contributed by atoms with Gasteiger partial charge in [-0.25, -0.2) is 0 Å². The van der Waals surface area contributed by atoms with Gasteiger partial charge in [0.2, 0.25) is 0 Å². The number of nitrogens with zero attached hydrogens (tertiary/aromatic N) is 1. The lowest BCUT2D eigenvalue weighted by Crippen LogP contribution is -2.32. The number of hydrogen-bond acceptors (Lipinski definition) is 3. The van der Waals surface area contributed by atoms with Gasteiger partial charge in [0.05, 0.1) is 0 Å². The minimum atomic E-state index is -0.164. The Morgan fingerprint density at radius 3 is 2.44 bits per heavy atom. The molecule has 0 atom stereocenters. The van der Waals surface area contributed by atoms with Crippen molar-refractivity contribution in [3.63, 3.8) is 0 Å². The smallest absolute Gasteiger partial charge is 0.255 e. The van der Waals surface area contributed by atoms with E-state index in [-0.39, 0.29) is 23.8 Å². The summed E-state index contributed by atoms with van der Waals surface area (Å²) in [5.41, 5.74) is 4.47. The summed E-state index contributed by atoms with van der Waals surface area (Å²) in [4.78, 5) is 26.5. The molecule has 0 fully saturated rings. The van der Waals surface area contributed by atoms with E-state index in [1.807, 2.05) is 42.5 Å². The summed E-state index contributed by atoms with van der Waals surface area (Å²) in [5.74, 6) is -0.235. The van der Waals surface area contributed by atoms with E-state index in [9.17, 15) is 9.59 Å². The van der Waals surface area contributed by atoms with Crippen LogP contribution in [0.2, 0.25) is 0 Å². The number of nitrogens with one attached hydrogen (secondary N) is 1. The summed E-state index contributed by atoms with van der Waals surface area (Å²) in [5, 5.41) is 2.93. The van der Waals surface area contributed by atoms with E-state index >= 15 is 0 Å². The van der Waals surface area contributed by atoms with Crippen LogP contribution in [-0.4, -0.2) is 32.1 Å². The Bertz CT molecular complexity index is 851. The maximum Gasteiger partial charge on any atom is 0.255 e. The molecular formula is C22H26N2O3. The first-order chi connectivity index (χ1) is 12.8. The fourth-order valence-electron chi connectivity index (χ4n) is 3.24. The number of anilines is 2. The van der Waals surface area contributed by atoms with Crippen molar-refractivity contribution in [3.8, 4) is 0 Å². The predicted octanol–water partition coefficient (Wildman–Crippen LogP) is 3.77. The molecule has 2 amide bonds. The molecule has 0 bridgehead atoms. The van der Waals surface area contributed by atoms with Crippen LogP contribution in [0.5, 0.6) is 0 Å². The summed E-state index contributed by atoms with van der Waals surface area (Å²) in [7, 11) is 1.51. The second-order valence-electron chi connectivity index (χ2n) is 7.85. The highest BCUT2D eigenvalue weighted by Crippen LogP contribution is 2.31. The number of carbonyl (C=O) groups excluding carboxylic acids is 2. The number of ether oxygens (including phenoxy) is 1. The molecule has 5 nitrogen and oxygen atoms in total. The van der Waals surface area contributed by atoms with Gasteiger partial charge in [-0.3, -0.25) is 9.59 Å². The molecule has 0 aromatic heterocycles. The van der Waals surface area contributed by atoms with Gasteiger partial charge < -0.3 is 15.0 Å². The topological polar surface area (TPSA) is 58.6 Å². The second kappa shape index (κ2) is 7.53. The zero-order valence-electron chi connectivity index (χ0n) is 16.3. The van der Waals surface area contributed by atoms with Gasteiger partial charge in [-0.2, -0.15) is 0 Å². The van der Waals surface area contributed by atoms with E-state index < -0.39 is 0 Å². The van der Waals surface area contributed by atoms with E-state index in [0.717, 1.165) is 17.7 Å². The lowest BCUT2D eigenvalue weighted by molar-refractivity contribution is -0.122. The third-order valence-corrected chi connectivity index (χ3v) is 4.82. The van der Waals surface area contributed by atoms with Crippen LogP contribution in [0.4, 0.5) is 11.4 Å². The third kappa shape index (κ3) is 4.19. The van der Waals surface area contributed by atoms with Crippen molar-refractivity contribution in [3.05, 3.63) is 59.2 Å². The van der Waals surface area contributed by atoms with E-state index in [2.05, 4.69) is 26.1 Å². The molecule has 5 heteroatoms. The Morgan fingerprint density at radius 1 is 1.11 bits per heavy atom. The standard InChI is InChI=1S/C22H26N2O3/c1-22(2,3)17-8-5-16(6-9-17)21(26)23-18-10-7-15-11-12-24(19(15)13-18)20(25)14-27-4/h5-10,13H,11-12,14H2,1-4H3,(H,23,26). The highest BCUT2D eigenvalue weighted by atomic mass is 16.5. The van der Waals surface area contributed by atoms with Crippen LogP contribution in [-0.2, 0) is 21.4 Å². The molecule has 1 aliphatic heterocycles. The summed E-state index contributed by atoms with van der Waals surface area (Å²) < 4.78 is 4.96. The summed E-state index contributed by atoms with van der Waals surface area (Å²) in [6.07, 6.45) is 0.813. The quantitative estimate of drug-likeness (QED) is 0.896. The van der Waals surface area contributed by atoms with Crippen LogP contribution < -0.4 is 10.2 Å². The van der Waals surface area contributed by atoms with E-state index in [4.69, 9.17) is 4.74 Å². The Hall–Kier alpha value is -2.66. The molecule has 142 valence electrons. The highest BCUT2D eigenvalue weighted by molar-refractivity contribution is 6.05. The molecule has 1 aliphatic rings. The van der Waals surface area contributed by atoms with Gasteiger partial charge in [0.1, 0.15) is 6.61 Å². The van der Waals surface area contributed by atoms with Crippen LogP contribution in [0.25, 0.3) is 0 Å². The zero-order valence-corrected chi connectivity index (χ0v) is 16.3. The molecule has 0 saturated heterocycles. The van der Waals surface area contributed by atoms with E-state index in [0.29, 0.717) is 17.8 Å². The highest BCUT2D eigenvalue weighted by Gasteiger charge is 2.25. The number of methoxy groups -OCH3 is 1. The SMILES string of the molecule is COCC(=O)N1CCc2ccc(NC(=O)c3ccc(C(C)(C)C)cc3)cc21. The second-order valence-corrected chi connectivity index (χ2v) is 7.85. The van der Waals surface area contributed by atoms with Crippen LogP contribution in [0, 0.1) is 0 Å². The molecule has 2 aromatic carbocycles. The average molecular weight is 366 g/mol. The molecule has 0 spiro atoms. The molecule has 0 saturated carbocycles. The van der Waals surface area contributed by atoms with Crippen molar-refractivity contribution in [2.45, 2.75) is 32.6 Å². The number of fused-ring (bicyclic) bond motifs is 1. The molecule has 0 radical (unpaired) electrons. The van der Waals surface area contributed by atoms with Gasteiger partial charge in [-0.1, -0.05) is 39.0 Å². The van der Waals surface area contributed by atoms with Crippen LogP contribution >= 0.6 is 0 Å². The normalized spacial score (nSPS) is 13.4. The van der Waals surface area contributed by atoms with Crippen molar-refractivity contribution in [1.82, 2.24) is 0 Å². The first-order valence-corrected chi connectivity index (χ1v) is 9.14. The largest absolute Gasteiger partial charge is 0.375 e. The minimum Gasteiger partial charge on any atom is -0.375 e. The maximum atomic E-state index is 12.6. The Labute approximate surface area is 160 Å². The lowest BCUT2D eigenvalue weighted by atomic mass is 9.87. The predicted molar refractivity (Wildman–Crippen MR) is 107 cm³/mol. The lowest BCUT2D eigenvalue weighted by Gasteiger charge is -2.19. The van der Waals surface area contributed by atoms with Gasteiger partial charge in [-0.15, -0.1) is 0 Å². The fourth-order valence-corrected chi connectivity index (χ4v) is 3.24. The number of rotatable bonds is 4. The first kappa shape index (κ1) is 19.1. The van der Waals surface area contributed by atoms with Crippen LogP contribution in [0.3, 0.4) is 0 Å². The van der Waals surface area contributed by atoms with Crippen molar-refractivity contribution >= 4 is 23.2 Å².